The first-order valence-corrected chi connectivity index (χ1v) is 25.4. The lowest BCUT2D eigenvalue weighted by Crippen LogP contribution is -2.60. The van der Waals surface area contributed by atoms with E-state index in [0.717, 1.165) is 38.5 Å². The van der Waals surface area contributed by atoms with Crippen LogP contribution in [-0.4, -0.2) is 87.5 Å². The molecule has 0 radical (unpaired) electrons. The van der Waals surface area contributed by atoms with Crippen molar-refractivity contribution in [3.8, 4) is 0 Å². The van der Waals surface area contributed by atoms with Gasteiger partial charge in [-0.1, -0.05) is 212 Å². The SMILES string of the molecule is CCCCCCCCCCCCCC/C=C\CCCCCCCCCCC(=O)NC(COC1OC(CO)C(O)C(O)C1O)C(O)CCCCCCCCCCCCCC. The molecule has 7 unspecified atom stereocenters. The number of nitrogens with one attached hydrogen (secondary N) is 1. The van der Waals surface area contributed by atoms with Crippen LogP contribution in [0.15, 0.2) is 12.2 Å². The van der Waals surface area contributed by atoms with Crippen LogP contribution >= 0.6 is 0 Å². The molecule has 1 rings (SSSR count). The summed E-state index contributed by atoms with van der Waals surface area (Å²) in [6.45, 7) is 3.84. The molecule has 59 heavy (non-hydrogen) atoms. The molecule has 0 spiro atoms. The maximum atomic E-state index is 13.0. The van der Waals surface area contributed by atoms with Gasteiger partial charge < -0.3 is 40.3 Å². The summed E-state index contributed by atoms with van der Waals surface area (Å²) in [6, 6.07) is -0.716. The number of rotatable bonds is 43. The molecule has 0 aromatic rings. The molecule has 6 N–H and O–H groups in total. The lowest BCUT2D eigenvalue weighted by molar-refractivity contribution is -0.302. The maximum Gasteiger partial charge on any atom is 0.220 e. The van der Waals surface area contributed by atoms with Gasteiger partial charge in [0.1, 0.15) is 24.4 Å². The van der Waals surface area contributed by atoms with Crippen molar-refractivity contribution in [1.29, 1.82) is 0 Å². The smallest absolute Gasteiger partial charge is 0.220 e. The first-order chi connectivity index (χ1) is 28.8. The molecular weight excluding hydrogens is 743 g/mol. The van der Waals surface area contributed by atoms with E-state index in [-0.39, 0.29) is 12.5 Å². The standard InChI is InChI=1S/C50H97NO8/c1-3-5-7-9-11-13-15-17-18-19-20-21-22-23-24-25-26-27-28-30-32-34-36-38-40-46(54)51-43(42-58-50-49(57)48(56)47(55)45(41-52)59-50)44(53)39-37-35-33-31-29-16-14-12-10-8-6-4-2/h23-24,43-45,47-50,52-53,55-57H,3-22,25-42H2,1-2H3,(H,51,54)/b24-23-. The lowest BCUT2D eigenvalue weighted by atomic mass is 9.99. The number of amides is 1. The average Bonchev–Trinajstić information content (AvgIpc) is 3.23. The van der Waals surface area contributed by atoms with Crippen molar-refractivity contribution < 1.29 is 39.8 Å². The highest BCUT2D eigenvalue weighted by Crippen LogP contribution is 2.23. The van der Waals surface area contributed by atoms with E-state index in [0.29, 0.717) is 12.8 Å². The molecule has 1 aliphatic rings. The van der Waals surface area contributed by atoms with Crippen LogP contribution in [-0.2, 0) is 14.3 Å². The number of carbonyl (C=O) groups excluding carboxylic acids is 1. The lowest BCUT2D eigenvalue weighted by Gasteiger charge is -2.40. The molecule has 1 amide bonds. The number of carbonyl (C=O) groups is 1. The van der Waals surface area contributed by atoms with Gasteiger partial charge in [0.2, 0.25) is 5.91 Å². The van der Waals surface area contributed by atoms with Gasteiger partial charge >= 0.3 is 0 Å². The van der Waals surface area contributed by atoms with E-state index in [1.807, 2.05) is 0 Å². The second kappa shape index (κ2) is 41.0. The van der Waals surface area contributed by atoms with Gasteiger partial charge in [-0.15, -0.1) is 0 Å². The summed E-state index contributed by atoms with van der Waals surface area (Å²) in [7, 11) is 0. The van der Waals surface area contributed by atoms with Gasteiger partial charge in [-0.2, -0.15) is 0 Å². The largest absolute Gasteiger partial charge is 0.394 e. The van der Waals surface area contributed by atoms with Crippen LogP contribution in [0.2, 0.25) is 0 Å². The van der Waals surface area contributed by atoms with E-state index in [2.05, 4.69) is 31.3 Å². The third-order valence-corrected chi connectivity index (χ3v) is 12.4. The Balaban J connectivity index is 2.21. The average molecular weight is 840 g/mol. The number of allylic oxidation sites excluding steroid dienone is 2. The molecule has 0 saturated carbocycles. The second-order valence-corrected chi connectivity index (χ2v) is 18.0. The van der Waals surface area contributed by atoms with Gasteiger partial charge in [-0.3, -0.25) is 4.79 Å². The predicted molar refractivity (Wildman–Crippen MR) is 244 cm³/mol. The third-order valence-electron chi connectivity index (χ3n) is 12.4. The van der Waals surface area contributed by atoms with Gasteiger partial charge in [0.15, 0.2) is 6.29 Å². The molecule has 0 aromatic heterocycles. The number of ether oxygens (including phenoxy) is 2. The van der Waals surface area contributed by atoms with Crippen molar-refractivity contribution in [1.82, 2.24) is 5.32 Å². The summed E-state index contributed by atoms with van der Waals surface area (Å²) in [5.74, 6) is -0.145. The molecule has 1 saturated heterocycles. The zero-order chi connectivity index (χ0) is 43.0. The van der Waals surface area contributed by atoms with Crippen molar-refractivity contribution >= 4 is 5.91 Å². The maximum absolute atomic E-state index is 13.0. The van der Waals surface area contributed by atoms with E-state index in [1.165, 1.54) is 180 Å². The Morgan fingerprint density at radius 3 is 1.37 bits per heavy atom. The van der Waals surface area contributed by atoms with Gasteiger partial charge in [0.05, 0.1) is 25.4 Å². The Morgan fingerprint density at radius 1 is 0.559 bits per heavy atom. The summed E-state index contributed by atoms with van der Waals surface area (Å²) >= 11 is 0. The van der Waals surface area contributed by atoms with Crippen LogP contribution in [0.25, 0.3) is 0 Å². The quantitative estimate of drug-likeness (QED) is 0.0263. The summed E-state index contributed by atoms with van der Waals surface area (Å²) in [4.78, 5) is 13.0. The van der Waals surface area contributed by atoms with Gasteiger partial charge in [0, 0.05) is 6.42 Å². The Hall–Kier alpha value is -1.07. The highest BCUT2D eigenvalue weighted by atomic mass is 16.7. The molecule has 1 aliphatic heterocycles. The van der Waals surface area contributed by atoms with Crippen LogP contribution in [0.5, 0.6) is 0 Å². The molecule has 1 heterocycles. The molecule has 1 fully saturated rings. The molecule has 9 heteroatoms. The fraction of sp³-hybridized carbons (Fsp3) is 0.940. The topological polar surface area (TPSA) is 149 Å². The number of hydrogen-bond acceptors (Lipinski definition) is 8. The molecule has 350 valence electrons. The number of aliphatic hydroxyl groups excluding tert-OH is 5. The van der Waals surface area contributed by atoms with Gasteiger partial charge in [-0.05, 0) is 38.5 Å². The Labute approximate surface area is 363 Å². The monoisotopic (exact) mass is 840 g/mol. The molecule has 0 aliphatic carbocycles. The van der Waals surface area contributed by atoms with Crippen LogP contribution in [0.1, 0.15) is 245 Å². The fourth-order valence-electron chi connectivity index (χ4n) is 8.27. The van der Waals surface area contributed by atoms with Gasteiger partial charge in [0.25, 0.3) is 0 Å². The van der Waals surface area contributed by atoms with Crippen molar-refractivity contribution in [2.45, 2.75) is 288 Å². The van der Waals surface area contributed by atoms with Crippen LogP contribution < -0.4 is 5.32 Å². The molecule has 7 atom stereocenters. The summed E-state index contributed by atoms with van der Waals surface area (Å²) in [5.41, 5.74) is 0. The van der Waals surface area contributed by atoms with E-state index < -0.39 is 49.5 Å². The molecule has 0 bridgehead atoms. The highest BCUT2D eigenvalue weighted by Gasteiger charge is 2.44. The predicted octanol–water partition coefficient (Wildman–Crippen LogP) is 11.3. The second-order valence-electron chi connectivity index (χ2n) is 18.0. The normalized spacial score (nSPS) is 20.7. The Morgan fingerprint density at radius 2 is 0.949 bits per heavy atom. The number of unbranched alkanes of at least 4 members (excludes halogenated alkanes) is 31. The molecule has 0 aromatic carbocycles. The van der Waals surface area contributed by atoms with E-state index in [1.54, 1.807) is 0 Å². The van der Waals surface area contributed by atoms with Crippen molar-refractivity contribution in [3.05, 3.63) is 12.2 Å². The van der Waals surface area contributed by atoms with Crippen molar-refractivity contribution in [2.24, 2.45) is 0 Å². The first kappa shape index (κ1) is 55.9. The fourth-order valence-corrected chi connectivity index (χ4v) is 8.27. The number of aliphatic hydroxyl groups is 5. The minimum atomic E-state index is -1.55. The van der Waals surface area contributed by atoms with E-state index >= 15 is 0 Å². The van der Waals surface area contributed by atoms with E-state index in [4.69, 9.17) is 9.47 Å². The minimum Gasteiger partial charge on any atom is -0.394 e. The third kappa shape index (κ3) is 31.4. The van der Waals surface area contributed by atoms with Gasteiger partial charge in [-0.25, -0.2) is 0 Å². The van der Waals surface area contributed by atoms with E-state index in [9.17, 15) is 30.3 Å². The van der Waals surface area contributed by atoms with Crippen LogP contribution in [0, 0.1) is 0 Å². The zero-order valence-electron chi connectivity index (χ0n) is 38.5. The summed E-state index contributed by atoms with van der Waals surface area (Å²) in [6.07, 6.45) is 40.9. The summed E-state index contributed by atoms with van der Waals surface area (Å²) in [5, 5.41) is 54.4. The molecular formula is C50H97NO8. The Kier molecular flexibility index (Phi) is 38.9. The zero-order valence-corrected chi connectivity index (χ0v) is 38.5. The van der Waals surface area contributed by atoms with Crippen molar-refractivity contribution in [3.63, 3.8) is 0 Å². The van der Waals surface area contributed by atoms with Crippen LogP contribution in [0.4, 0.5) is 0 Å². The minimum absolute atomic E-state index is 0.136. The van der Waals surface area contributed by atoms with Crippen LogP contribution in [0.3, 0.4) is 0 Å². The van der Waals surface area contributed by atoms with Crippen molar-refractivity contribution in [2.75, 3.05) is 13.2 Å². The first-order valence-electron chi connectivity index (χ1n) is 25.4. The number of hydrogen-bond donors (Lipinski definition) is 6. The Bertz CT molecular complexity index is 935. The molecule has 9 nitrogen and oxygen atoms in total. The highest BCUT2D eigenvalue weighted by molar-refractivity contribution is 5.76. The summed E-state index contributed by atoms with van der Waals surface area (Å²) < 4.78 is 11.3.